The lowest BCUT2D eigenvalue weighted by atomic mass is 10.1. The van der Waals surface area contributed by atoms with Crippen LogP contribution in [0.5, 0.6) is 0 Å². The summed E-state index contributed by atoms with van der Waals surface area (Å²) in [4.78, 5) is 0. The fraction of sp³-hybridized carbons (Fsp3) is 0.769. The highest BCUT2D eigenvalue weighted by Gasteiger charge is 2.23. The van der Waals surface area contributed by atoms with E-state index in [0.717, 1.165) is 0 Å². The molecule has 0 unspecified atom stereocenters. The van der Waals surface area contributed by atoms with Gasteiger partial charge in [-0.15, -0.1) is 0 Å². The number of hydrogen-bond donors (Lipinski definition) is 0. The quantitative estimate of drug-likeness (QED) is 0.273. The fourth-order valence-corrected chi connectivity index (χ4v) is 4.33. The van der Waals surface area contributed by atoms with Crippen molar-refractivity contribution in [2.24, 2.45) is 0 Å². The Balaban J connectivity index is 2.78. The van der Waals surface area contributed by atoms with Crippen molar-refractivity contribution < 1.29 is 8.97 Å². The molecule has 0 spiro atoms. The molecule has 1 aromatic carbocycles. The second kappa shape index (κ2) is 13.4. The number of unbranched alkanes of at least 4 members (excludes halogenated alkanes) is 4. The number of quaternary nitrogens is 2. The van der Waals surface area contributed by atoms with Gasteiger partial charge in [0.2, 0.25) is 0 Å². The Bertz CT molecular complexity index is 443. The van der Waals surface area contributed by atoms with E-state index in [-0.39, 0.29) is 0 Å². The Kier molecular flexibility index (Phi) is 12.0. The van der Waals surface area contributed by atoms with Crippen LogP contribution in [0.15, 0.2) is 24.3 Å². The maximum absolute atomic E-state index is 2.46. The van der Waals surface area contributed by atoms with Crippen LogP contribution in [0.2, 0.25) is 0 Å². The minimum atomic E-state index is 1.18. The summed E-state index contributed by atoms with van der Waals surface area (Å²) in [5.41, 5.74) is 3.02. The number of benzene rings is 1. The Morgan fingerprint density at radius 3 is 0.964 bits per heavy atom. The molecule has 162 valence electrons. The van der Waals surface area contributed by atoms with Gasteiger partial charge in [0.15, 0.2) is 0 Å². The number of hydrogen-bond acceptors (Lipinski definition) is 0. The van der Waals surface area contributed by atoms with E-state index in [9.17, 15) is 0 Å². The van der Waals surface area contributed by atoms with Crippen LogP contribution in [-0.4, -0.2) is 49.2 Å². The monoisotopic (exact) mass is 390 g/mol. The third kappa shape index (κ3) is 9.56. The zero-order chi connectivity index (χ0) is 20.9. The minimum absolute atomic E-state index is 1.18. The molecule has 0 fully saturated rings. The topological polar surface area (TPSA) is 0 Å². The maximum atomic E-state index is 2.46. The third-order valence-electron chi connectivity index (χ3n) is 6.36. The van der Waals surface area contributed by atoms with Gasteiger partial charge >= 0.3 is 0 Å². The summed E-state index contributed by atoms with van der Waals surface area (Å²) < 4.78 is 2.39. The molecule has 0 aliphatic carbocycles. The van der Waals surface area contributed by atoms with E-state index < -0.39 is 0 Å². The van der Waals surface area contributed by atoms with E-state index in [0.29, 0.717) is 0 Å². The highest BCUT2D eigenvalue weighted by atomic mass is 15.3. The summed E-state index contributed by atoms with van der Waals surface area (Å²) in [7, 11) is 4.92. The highest BCUT2D eigenvalue weighted by molar-refractivity contribution is 5.21. The smallest absolute Gasteiger partial charge is 0.104 e. The largest absolute Gasteiger partial charge is 0.322 e. The molecule has 0 atom stereocenters. The molecule has 0 N–H and O–H groups in total. The second-order valence-corrected chi connectivity index (χ2v) is 9.68. The average Bonchev–Trinajstić information content (AvgIpc) is 2.69. The molecule has 0 bridgehead atoms. The van der Waals surface area contributed by atoms with E-state index in [2.05, 4.69) is 66.1 Å². The summed E-state index contributed by atoms with van der Waals surface area (Å²) in [6.45, 7) is 16.8. The van der Waals surface area contributed by atoms with Crippen LogP contribution >= 0.6 is 0 Å². The van der Waals surface area contributed by atoms with E-state index in [4.69, 9.17) is 0 Å². The van der Waals surface area contributed by atoms with Gasteiger partial charge in [-0.25, -0.2) is 0 Å². The van der Waals surface area contributed by atoms with Crippen molar-refractivity contribution in [3.05, 3.63) is 35.4 Å². The predicted octanol–water partition coefficient (Wildman–Crippen LogP) is 6.78. The van der Waals surface area contributed by atoms with Crippen LogP contribution in [0.3, 0.4) is 0 Å². The molecular formula is C26H50N2+2. The second-order valence-electron chi connectivity index (χ2n) is 9.68. The first-order valence-electron chi connectivity index (χ1n) is 12.1. The molecule has 0 amide bonds. The van der Waals surface area contributed by atoms with E-state index in [1.165, 1.54) is 111 Å². The van der Waals surface area contributed by atoms with Gasteiger partial charge in [0.05, 0.1) is 40.3 Å². The Morgan fingerprint density at radius 1 is 0.500 bits per heavy atom. The van der Waals surface area contributed by atoms with Gasteiger partial charge in [0.1, 0.15) is 13.1 Å². The standard InChI is InChI=1S/C26H50N2/c1-7-11-19-27(5,20-12-8-2)23-25-15-17-26(18-16-25)24-28(6,21-13-9-3)22-14-10-4/h15-18H,7-14,19-24H2,1-6H3/q+2. The first-order chi connectivity index (χ1) is 13.4. The molecule has 0 radical (unpaired) electrons. The van der Waals surface area contributed by atoms with Crippen LogP contribution in [-0.2, 0) is 13.1 Å². The first-order valence-corrected chi connectivity index (χ1v) is 12.1. The van der Waals surface area contributed by atoms with Crippen molar-refractivity contribution in [3.63, 3.8) is 0 Å². The molecule has 0 aliphatic heterocycles. The molecule has 0 saturated heterocycles. The number of nitrogens with zero attached hydrogens (tertiary/aromatic N) is 2. The van der Waals surface area contributed by atoms with E-state index in [1.54, 1.807) is 0 Å². The van der Waals surface area contributed by atoms with Gasteiger partial charge in [-0.2, -0.15) is 0 Å². The molecule has 0 aromatic heterocycles. The SMILES string of the molecule is CCCC[N+](C)(CCCC)Cc1ccc(C[N+](C)(CCCC)CCCC)cc1. The maximum Gasteiger partial charge on any atom is 0.104 e. The van der Waals surface area contributed by atoms with Gasteiger partial charge in [0, 0.05) is 11.1 Å². The Labute approximate surface area is 177 Å². The van der Waals surface area contributed by atoms with E-state index in [1.807, 2.05) is 0 Å². The van der Waals surface area contributed by atoms with Gasteiger partial charge < -0.3 is 8.97 Å². The summed E-state index contributed by atoms with van der Waals surface area (Å²) >= 11 is 0. The lowest BCUT2D eigenvalue weighted by Crippen LogP contribution is -2.45. The summed E-state index contributed by atoms with van der Waals surface area (Å²) in [6, 6.07) is 9.64. The zero-order valence-electron chi connectivity index (χ0n) is 20.1. The molecule has 0 heterocycles. The minimum Gasteiger partial charge on any atom is -0.322 e. The first kappa shape index (κ1) is 25.2. The Hall–Kier alpha value is -0.860. The average molecular weight is 391 g/mol. The van der Waals surface area contributed by atoms with Crippen molar-refractivity contribution in [3.8, 4) is 0 Å². The van der Waals surface area contributed by atoms with Crippen LogP contribution < -0.4 is 0 Å². The molecule has 1 aromatic rings. The van der Waals surface area contributed by atoms with Crippen molar-refractivity contribution in [2.75, 3.05) is 40.3 Å². The fourth-order valence-electron chi connectivity index (χ4n) is 4.33. The van der Waals surface area contributed by atoms with Gasteiger partial charge in [-0.1, -0.05) is 77.6 Å². The van der Waals surface area contributed by atoms with Gasteiger partial charge in [-0.05, 0) is 25.7 Å². The summed E-state index contributed by atoms with van der Waals surface area (Å²) in [6.07, 6.45) is 10.5. The molecule has 0 saturated carbocycles. The lowest BCUT2D eigenvalue weighted by molar-refractivity contribution is -0.923. The van der Waals surface area contributed by atoms with E-state index >= 15 is 0 Å². The third-order valence-corrected chi connectivity index (χ3v) is 6.36. The highest BCUT2D eigenvalue weighted by Crippen LogP contribution is 2.19. The summed E-state index contributed by atoms with van der Waals surface area (Å²) in [5.74, 6) is 0. The van der Waals surface area contributed by atoms with Crippen LogP contribution in [0.4, 0.5) is 0 Å². The number of rotatable bonds is 16. The summed E-state index contributed by atoms with van der Waals surface area (Å²) in [5, 5.41) is 0. The molecular weight excluding hydrogens is 340 g/mol. The molecule has 0 aliphatic rings. The van der Waals surface area contributed by atoms with Crippen LogP contribution in [0, 0.1) is 0 Å². The molecule has 1 rings (SSSR count). The van der Waals surface area contributed by atoms with Crippen LogP contribution in [0.1, 0.15) is 90.2 Å². The van der Waals surface area contributed by atoms with Crippen LogP contribution in [0.25, 0.3) is 0 Å². The van der Waals surface area contributed by atoms with Crippen molar-refractivity contribution in [2.45, 2.75) is 92.2 Å². The Morgan fingerprint density at radius 2 is 0.750 bits per heavy atom. The zero-order valence-corrected chi connectivity index (χ0v) is 20.1. The van der Waals surface area contributed by atoms with Gasteiger partial charge in [0.25, 0.3) is 0 Å². The molecule has 2 nitrogen and oxygen atoms in total. The lowest BCUT2D eigenvalue weighted by Gasteiger charge is -2.36. The molecule has 28 heavy (non-hydrogen) atoms. The van der Waals surface area contributed by atoms with Crippen molar-refractivity contribution in [1.82, 2.24) is 0 Å². The normalized spacial score (nSPS) is 12.5. The molecule has 2 heteroatoms. The van der Waals surface area contributed by atoms with Gasteiger partial charge in [-0.3, -0.25) is 0 Å². The predicted molar refractivity (Wildman–Crippen MR) is 125 cm³/mol. The van der Waals surface area contributed by atoms with Crippen molar-refractivity contribution >= 4 is 0 Å². The van der Waals surface area contributed by atoms with Crippen molar-refractivity contribution in [1.29, 1.82) is 0 Å².